The first kappa shape index (κ1) is 11.6. The Morgan fingerprint density at radius 2 is 2.17 bits per heavy atom. The minimum Gasteiger partial charge on any atom is -0.273 e. The second kappa shape index (κ2) is 4.04. The lowest BCUT2D eigenvalue weighted by atomic mass is 9.74. The first-order valence-electron chi connectivity index (χ1n) is 6.81. The minimum atomic E-state index is -0.0810. The zero-order valence-electron chi connectivity index (χ0n) is 11.1. The Bertz CT molecular complexity index is 532. The van der Waals surface area contributed by atoms with Crippen molar-refractivity contribution >= 4 is 11.6 Å². The summed E-state index contributed by atoms with van der Waals surface area (Å²) in [7, 11) is 0. The van der Waals surface area contributed by atoms with Crippen LogP contribution in [0.25, 0.3) is 0 Å². The highest BCUT2D eigenvalue weighted by Gasteiger charge is 2.48. The van der Waals surface area contributed by atoms with Gasteiger partial charge in [0.1, 0.15) is 0 Å². The van der Waals surface area contributed by atoms with Crippen LogP contribution in [0.1, 0.15) is 50.7 Å². The molecule has 1 aromatic rings. The zero-order chi connectivity index (χ0) is 12.8. The fourth-order valence-corrected chi connectivity index (χ4v) is 3.86. The molecule has 2 nitrogen and oxygen atoms in total. The maximum absolute atomic E-state index is 11.3. The lowest BCUT2D eigenvalue weighted by molar-refractivity contribution is -0.115. The Balaban J connectivity index is 2.15. The number of carbonyl (C=O) groups is 1. The molecule has 2 aliphatic carbocycles. The normalized spacial score (nSPS) is 32.1. The van der Waals surface area contributed by atoms with Gasteiger partial charge in [0.2, 0.25) is 5.91 Å². The van der Waals surface area contributed by atoms with Crippen LogP contribution in [0.5, 0.6) is 0 Å². The van der Waals surface area contributed by atoms with E-state index in [9.17, 15) is 4.79 Å². The molecule has 1 aromatic carbocycles. The van der Waals surface area contributed by atoms with Crippen LogP contribution in [0.3, 0.4) is 0 Å². The van der Waals surface area contributed by atoms with Gasteiger partial charge in [-0.1, -0.05) is 37.6 Å². The van der Waals surface area contributed by atoms with Crippen LogP contribution < -0.4 is 0 Å². The van der Waals surface area contributed by atoms with Gasteiger partial charge in [-0.15, -0.1) is 0 Å². The smallest absolute Gasteiger partial charge is 0.242 e. The highest BCUT2D eigenvalue weighted by atomic mass is 16.1. The van der Waals surface area contributed by atoms with Gasteiger partial charge in [-0.2, -0.15) is 0 Å². The van der Waals surface area contributed by atoms with E-state index in [0.29, 0.717) is 5.92 Å². The highest BCUT2D eigenvalue weighted by Crippen LogP contribution is 2.53. The summed E-state index contributed by atoms with van der Waals surface area (Å²) in [6.45, 7) is 3.89. The largest absolute Gasteiger partial charge is 0.273 e. The van der Waals surface area contributed by atoms with E-state index < -0.39 is 0 Å². The van der Waals surface area contributed by atoms with Crippen LogP contribution in [0, 0.1) is 5.92 Å². The van der Waals surface area contributed by atoms with Gasteiger partial charge in [0.25, 0.3) is 0 Å². The van der Waals surface area contributed by atoms with Crippen LogP contribution in [0.15, 0.2) is 29.3 Å². The predicted molar refractivity (Wildman–Crippen MR) is 73.0 cm³/mol. The minimum absolute atomic E-state index is 0.0810. The van der Waals surface area contributed by atoms with E-state index in [1.807, 2.05) is 6.07 Å². The number of hydrogen-bond acceptors (Lipinski definition) is 1. The summed E-state index contributed by atoms with van der Waals surface area (Å²) < 4.78 is 0. The summed E-state index contributed by atoms with van der Waals surface area (Å²) in [6.07, 6.45) is 4.78. The fourth-order valence-electron chi connectivity index (χ4n) is 3.86. The lowest BCUT2D eigenvalue weighted by Gasteiger charge is -2.29. The molecule has 0 radical (unpaired) electrons. The second-order valence-corrected chi connectivity index (χ2v) is 5.75. The molecule has 0 bridgehead atoms. The first-order valence-corrected chi connectivity index (χ1v) is 6.81. The summed E-state index contributed by atoms with van der Waals surface area (Å²) in [5.41, 5.74) is 3.90. The molecule has 1 spiro atoms. The monoisotopic (exact) mass is 241 g/mol. The topological polar surface area (TPSA) is 29.4 Å². The number of rotatable bonds is 0. The predicted octanol–water partition coefficient (Wildman–Crippen LogP) is 3.48. The third-order valence-corrected chi connectivity index (χ3v) is 4.75. The third kappa shape index (κ3) is 1.55. The van der Waals surface area contributed by atoms with Crippen molar-refractivity contribution in [1.29, 1.82) is 0 Å². The standard InChI is InChI=1S/C16H19NO/c1-11-6-5-9-16(11)10-15(17-12(2)18)13-7-3-4-8-14(13)16/h3-4,7-8,11H,5-6,9-10H2,1-2H3. The average Bonchev–Trinajstić information content (AvgIpc) is 2.84. The van der Waals surface area contributed by atoms with Crippen molar-refractivity contribution in [2.24, 2.45) is 10.9 Å². The van der Waals surface area contributed by atoms with Crippen molar-refractivity contribution in [2.45, 2.75) is 44.9 Å². The molecule has 94 valence electrons. The molecule has 1 amide bonds. The third-order valence-electron chi connectivity index (χ3n) is 4.75. The summed E-state index contributed by atoms with van der Waals surface area (Å²) in [4.78, 5) is 15.6. The molecule has 3 rings (SSSR count). The maximum atomic E-state index is 11.3. The van der Waals surface area contributed by atoms with E-state index in [4.69, 9.17) is 0 Å². The molecule has 18 heavy (non-hydrogen) atoms. The van der Waals surface area contributed by atoms with E-state index in [1.165, 1.54) is 30.4 Å². The van der Waals surface area contributed by atoms with E-state index in [1.54, 1.807) is 6.92 Å². The number of hydrogen-bond donors (Lipinski definition) is 0. The molecule has 0 aliphatic heterocycles. The molecule has 2 aliphatic rings. The molecule has 0 N–H and O–H groups in total. The number of carbonyl (C=O) groups excluding carboxylic acids is 1. The van der Waals surface area contributed by atoms with E-state index >= 15 is 0 Å². The Morgan fingerprint density at radius 1 is 1.39 bits per heavy atom. The first-order chi connectivity index (χ1) is 8.63. The summed E-state index contributed by atoms with van der Waals surface area (Å²) >= 11 is 0. The number of fused-ring (bicyclic) bond motifs is 2. The van der Waals surface area contributed by atoms with Crippen molar-refractivity contribution in [2.75, 3.05) is 0 Å². The van der Waals surface area contributed by atoms with Crippen LogP contribution in [-0.4, -0.2) is 11.6 Å². The summed E-state index contributed by atoms with van der Waals surface area (Å²) in [5, 5.41) is 0. The quantitative estimate of drug-likeness (QED) is 0.683. The van der Waals surface area contributed by atoms with Crippen LogP contribution in [-0.2, 0) is 10.2 Å². The van der Waals surface area contributed by atoms with Crippen molar-refractivity contribution in [3.8, 4) is 0 Å². The average molecular weight is 241 g/mol. The van der Waals surface area contributed by atoms with Gasteiger partial charge in [-0.25, -0.2) is 4.99 Å². The van der Waals surface area contributed by atoms with Crippen molar-refractivity contribution in [1.82, 2.24) is 0 Å². The number of benzene rings is 1. The number of aliphatic imine (C=N–C) groups is 1. The Morgan fingerprint density at radius 3 is 2.83 bits per heavy atom. The van der Waals surface area contributed by atoms with Gasteiger partial charge in [0, 0.05) is 18.8 Å². The van der Waals surface area contributed by atoms with Gasteiger partial charge in [0.15, 0.2) is 0 Å². The molecule has 1 fully saturated rings. The lowest BCUT2D eigenvalue weighted by Crippen LogP contribution is -2.26. The molecule has 2 atom stereocenters. The van der Waals surface area contributed by atoms with Gasteiger partial charge in [-0.3, -0.25) is 4.79 Å². The summed E-state index contributed by atoms with van der Waals surface area (Å²) in [6, 6.07) is 8.52. The van der Waals surface area contributed by atoms with Gasteiger partial charge in [0.05, 0.1) is 5.71 Å². The molecular weight excluding hydrogens is 222 g/mol. The molecule has 2 unspecified atom stereocenters. The highest BCUT2D eigenvalue weighted by molar-refractivity contribution is 6.10. The fraction of sp³-hybridized carbons (Fsp3) is 0.500. The van der Waals surface area contributed by atoms with E-state index in [-0.39, 0.29) is 11.3 Å². The van der Waals surface area contributed by atoms with Crippen molar-refractivity contribution in [3.63, 3.8) is 0 Å². The van der Waals surface area contributed by atoms with E-state index in [0.717, 1.165) is 12.1 Å². The van der Waals surface area contributed by atoms with Gasteiger partial charge in [-0.05, 0) is 29.9 Å². The molecular formula is C16H19NO. The molecule has 0 saturated heterocycles. The molecule has 1 saturated carbocycles. The van der Waals surface area contributed by atoms with Crippen molar-refractivity contribution < 1.29 is 4.79 Å². The molecule has 0 aromatic heterocycles. The SMILES string of the molecule is CC(=O)N=C1CC2(CCCC2C)c2ccccc21. The summed E-state index contributed by atoms with van der Waals surface area (Å²) in [5.74, 6) is 0.612. The van der Waals surface area contributed by atoms with Crippen LogP contribution >= 0.6 is 0 Å². The van der Waals surface area contributed by atoms with Gasteiger partial charge >= 0.3 is 0 Å². The molecule has 2 heteroatoms. The van der Waals surface area contributed by atoms with Gasteiger partial charge < -0.3 is 0 Å². The maximum Gasteiger partial charge on any atom is 0.242 e. The Labute approximate surface area is 108 Å². The number of amides is 1. The van der Waals surface area contributed by atoms with E-state index in [2.05, 4.69) is 30.1 Å². The van der Waals surface area contributed by atoms with Crippen molar-refractivity contribution in [3.05, 3.63) is 35.4 Å². The number of nitrogens with zero attached hydrogens (tertiary/aromatic N) is 1. The Hall–Kier alpha value is -1.44. The molecule has 0 heterocycles. The van der Waals surface area contributed by atoms with Crippen LogP contribution in [0.4, 0.5) is 0 Å². The van der Waals surface area contributed by atoms with Crippen LogP contribution in [0.2, 0.25) is 0 Å². The zero-order valence-corrected chi connectivity index (χ0v) is 11.1. The second-order valence-electron chi connectivity index (χ2n) is 5.75. The Kier molecular flexibility index (Phi) is 2.61.